The molecule has 6 unspecified atom stereocenters. The second kappa shape index (κ2) is 12.3. The van der Waals surface area contributed by atoms with Gasteiger partial charge in [0.1, 0.15) is 0 Å². The predicted octanol–water partition coefficient (Wildman–Crippen LogP) is 13.3. The summed E-state index contributed by atoms with van der Waals surface area (Å²) >= 11 is 0. The van der Waals surface area contributed by atoms with Crippen LogP contribution in [0.25, 0.3) is 0 Å². The number of hydrogen-bond acceptors (Lipinski definition) is 0. The summed E-state index contributed by atoms with van der Waals surface area (Å²) in [6.45, 7) is 37.5. The van der Waals surface area contributed by atoms with Crippen molar-refractivity contribution in [2.45, 2.75) is 145 Å². The Morgan fingerprint density at radius 3 is 1.42 bits per heavy atom. The molecule has 4 aromatic rings. The first-order valence-electron chi connectivity index (χ1n) is 18.7. The summed E-state index contributed by atoms with van der Waals surface area (Å²) in [6.07, 6.45) is 3.36. The van der Waals surface area contributed by atoms with Crippen LogP contribution in [0.1, 0.15) is 140 Å². The van der Waals surface area contributed by atoms with E-state index in [0.29, 0.717) is 0 Å². The van der Waals surface area contributed by atoms with Gasteiger partial charge in [-0.05, 0) is 146 Å². The summed E-state index contributed by atoms with van der Waals surface area (Å²) in [6, 6.07) is 28.3. The van der Waals surface area contributed by atoms with Crippen LogP contribution in [0.2, 0.25) is 0 Å². The van der Waals surface area contributed by atoms with E-state index in [-0.39, 0.29) is 33.0 Å². The fourth-order valence-electron chi connectivity index (χ4n) is 12.1. The van der Waals surface area contributed by atoms with Gasteiger partial charge in [-0.15, -0.1) is 0 Å². The lowest BCUT2D eigenvalue weighted by molar-refractivity contribution is -0.158. The summed E-state index contributed by atoms with van der Waals surface area (Å²) in [4.78, 5) is 0. The molecule has 1 saturated carbocycles. The van der Waals surface area contributed by atoms with Gasteiger partial charge in [-0.1, -0.05) is 128 Å². The Labute approximate surface area is 294 Å². The minimum atomic E-state index is -0.264. The Balaban J connectivity index is 2.19. The van der Waals surface area contributed by atoms with Gasteiger partial charge in [-0.3, -0.25) is 0 Å². The molecule has 1 fully saturated rings. The highest BCUT2D eigenvalue weighted by Gasteiger charge is 2.76. The zero-order valence-electron chi connectivity index (χ0n) is 33.1. The molecule has 0 nitrogen and oxygen atoms in total. The van der Waals surface area contributed by atoms with Gasteiger partial charge in [0.2, 0.25) is 0 Å². The summed E-state index contributed by atoms with van der Waals surface area (Å²) < 4.78 is 0. The summed E-state index contributed by atoms with van der Waals surface area (Å²) in [5, 5.41) is 0. The van der Waals surface area contributed by atoms with Crippen molar-refractivity contribution in [3.63, 3.8) is 0 Å². The molecule has 5 rings (SSSR count). The third-order valence-electron chi connectivity index (χ3n) is 15.4. The number of aryl methyl sites for hydroxylation is 4. The average molecular weight is 641 g/mol. The topological polar surface area (TPSA) is 0 Å². The Hall–Kier alpha value is -3.12. The maximum absolute atomic E-state index is 2.72. The first-order valence-corrected chi connectivity index (χ1v) is 18.7. The molecule has 0 heteroatoms. The third kappa shape index (κ3) is 4.46. The van der Waals surface area contributed by atoms with Crippen LogP contribution in [-0.4, -0.2) is 0 Å². The molecule has 0 saturated heterocycles. The molecule has 256 valence electrons. The summed E-state index contributed by atoms with van der Waals surface area (Å²) in [5.74, 6) is 0.234. The van der Waals surface area contributed by atoms with Crippen LogP contribution in [0, 0.1) is 66.2 Å². The SMILES string of the molecule is CCCC1(C)C(c2c(C)c(C)cc(C)c2C)C(C)(c2c(C)cc(C)c(C)c2C)C(C)(c2ccccc2)C(C)(CC)C1(C)c1ccccc1. The third-order valence-corrected chi connectivity index (χ3v) is 15.4. The Kier molecular flexibility index (Phi) is 9.29. The molecule has 1 aliphatic carbocycles. The van der Waals surface area contributed by atoms with Crippen LogP contribution in [-0.2, 0) is 16.2 Å². The van der Waals surface area contributed by atoms with E-state index >= 15 is 0 Å². The molecule has 0 aromatic heterocycles. The molecular formula is C48H64. The molecule has 4 aromatic carbocycles. The highest BCUT2D eigenvalue weighted by molar-refractivity contribution is 5.61. The summed E-state index contributed by atoms with van der Waals surface area (Å²) in [7, 11) is 0. The second-order valence-electron chi connectivity index (χ2n) is 16.8. The number of hydrogen-bond donors (Lipinski definition) is 0. The van der Waals surface area contributed by atoms with Crippen LogP contribution in [0.4, 0.5) is 0 Å². The zero-order chi connectivity index (χ0) is 35.6. The Morgan fingerprint density at radius 2 is 0.958 bits per heavy atom. The van der Waals surface area contributed by atoms with Crippen molar-refractivity contribution in [2.24, 2.45) is 10.8 Å². The molecule has 0 amide bonds. The first kappa shape index (κ1) is 36.2. The van der Waals surface area contributed by atoms with Crippen LogP contribution in [0.3, 0.4) is 0 Å². The van der Waals surface area contributed by atoms with E-state index in [1.165, 1.54) is 55.6 Å². The highest BCUT2D eigenvalue weighted by atomic mass is 14.8. The zero-order valence-corrected chi connectivity index (χ0v) is 33.1. The highest BCUT2D eigenvalue weighted by Crippen LogP contribution is 2.79. The first-order chi connectivity index (χ1) is 22.4. The lowest BCUT2D eigenvalue weighted by Gasteiger charge is -2.77. The normalized spacial score (nSPS) is 30.4. The van der Waals surface area contributed by atoms with E-state index in [9.17, 15) is 0 Å². The molecule has 0 aliphatic heterocycles. The average Bonchev–Trinajstić information content (AvgIpc) is 3.07. The van der Waals surface area contributed by atoms with E-state index in [0.717, 1.165) is 19.3 Å². The molecule has 6 atom stereocenters. The molecule has 48 heavy (non-hydrogen) atoms. The number of benzene rings is 4. The van der Waals surface area contributed by atoms with Crippen molar-refractivity contribution in [1.82, 2.24) is 0 Å². The van der Waals surface area contributed by atoms with Gasteiger partial charge in [0.05, 0.1) is 0 Å². The van der Waals surface area contributed by atoms with Gasteiger partial charge in [0.15, 0.2) is 0 Å². The maximum atomic E-state index is 2.72. The monoisotopic (exact) mass is 641 g/mol. The van der Waals surface area contributed by atoms with Gasteiger partial charge in [0, 0.05) is 22.2 Å². The minimum absolute atomic E-state index is 0.0929. The van der Waals surface area contributed by atoms with E-state index in [1.807, 2.05) is 0 Å². The van der Waals surface area contributed by atoms with Crippen molar-refractivity contribution in [3.8, 4) is 0 Å². The fourth-order valence-corrected chi connectivity index (χ4v) is 12.1. The van der Waals surface area contributed by atoms with Crippen LogP contribution < -0.4 is 0 Å². The van der Waals surface area contributed by atoms with Crippen molar-refractivity contribution in [1.29, 1.82) is 0 Å². The van der Waals surface area contributed by atoms with Crippen molar-refractivity contribution in [2.75, 3.05) is 0 Å². The maximum Gasteiger partial charge on any atom is 0.0104 e. The van der Waals surface area contributed by atoms with E-state index in [4.69, 9.17) is 0 Å². The molecule has 0 bridgehead atoms. The standard InChI is InChI=1S/C48H64/c1-16-28-44(11)43(41-36(8)32(4)29-33(5)37(41)9)46(13,42-34(6)30-31(3)35(7)38(42)10)48(15,40-26-22-19-23-27-40)45(12,17-2)47(44,14)39-24-20-18-21-25-39/h18-27,29-30,43H,16-17,28H2,1-15H3. The number of rotatable bonds is 7. The van der Waals surface area contributed by atoms with Gasteiger partial charge >= 0.3 is 0 Å². The van der Waals surface area contributed by atoms with Gasteiger partial charge < -0.3 is 0 Å². The second-order valence-corrected chi connectivity index (χ2v) is 16.8. The smallest absolute Gasteiger partial charge is 0.0104 e. The van der Waals surface area contributed by atoms with Crippen molar-refractivity contribution < 1.29 is 0 Å². The Bertz CT molecular complexity index is 1780. The Morgan fingerprint density at radius 1 is 0.521 bits per heavy atom. The van der Waals surface area contributed by atoms with Gasteiger partial charge in [-0.25, -0.2) is 0 Å². The quantitative estimate of drug-likeness (QED) is 0.189. The van der Waals surface area contributed by atoms with Crippen LogP contribution in [0.15, 0.2) is 72.8 Å². The molecule has 0 heterocycles. The fraction of sp³-hybridized carbons (Fsp3) is 0.500. The predicted molar refractivity (Wildman–Crippen MR) is 210 cm³/mol. The lowest BCUT2D eigenvalue weighted by Crippen LogP contribution is -2.75. The van der Waals surface area contributed by atoms with E-state index < -0.39 is 0 Å². The molecule has 1 aliphatic rings. The molecule has 0 spiro atoms. The van der Waals surface area contributed by atoms with E-state index in [2.05, 4.69) is 177 Å². The van der Waals surface area contributed by atoms with Gasteiger partial charge in [-0.2, -0.15) is 0 Å². The molecular weight excluding hydrogens is 577 g/mol. The van der Waals surface area contributed by atoms with Crippen molar-refractivity contribution >= 4 is 0 Å². The van der Waals surface area contributed by atoms with E-state index in [1.54, 1.807) is 11.1 Å². The molecule has 0 radical (unpaired) electrons. The minimum Gasteiger partial charge on any atom is -0.0654 e. The largest absolute Gasteiger partial charge is 0.0654 e. The van der Waals surface area contributed by atoms with Crippen LogP contribution in [0.5, 0.6) is 0 Å². The van der Waals surface area contributed by atoms with Crippen LogP contribution >= 0.6 is 0 Å². The van der Waals surface area contributed by atoms with Gasteiger partial charge in [0.25, 0.3) is 0 Å². The summed E-state index contributed by atoms with van der Waals surface area (Å²) in [5.41, 5.74) is 16.7. The molecule has 0 N–H and O–H groups in total. The van der Waals surface area contributed by atoms with Crippen molar-refractivity contribution in [3.05, 3.63) is 140 Å². The lowest BCUT2D eigenvalue weighted by atomic mass is 9.25.